The summed E-state index contributed by atoms with van der Waals surface area (Å²) in [5, 5.41) is 1.09. The lowest BCUT2D eigenvalue weighted by molar-refractivity contribution is 0.302. The zero-order valence-electron chi connectivity index (χ0n) is 11.2. The molecule has 1 heterocycles. The standard InChI is InChI=1S/C15H16Cl2N2O/c1-10-4-11(8-19-7-10)9-20-15-12(2-3-18)5-13(16)6-14(15)17/h4-8H,2-3,9,18H2,1H3. The molecule has 0 aliphatic heterocycles. The normalized spacial score (nSPS) is 10.6. The smallest absolute Gasteiger partial charge is 0.141 e. The lowest BCUT2D eigenvalue weighted by Gasteiger charge is -2.13. The molecular formula is C15H16Cl2N2O. The molecular weight excluding hydrogens is 295 g/mol. The van der Waals surface area contributed by atoms with Gasteiger partial charge in [-0.15, -0.1) is 0 Å². The van der Waals surface area contributed by atoms with Gasteiger partial charge in [0.15, 0.2) is 0 Å². The van der Waals surface area contributed by atoms with E-state index in [1.54, 1.807) is 18.5 Å². The van der Waals surface area contributed by atoms with Gasteiger partial charge in [-0.05, 0) is 49.2 Å². The number of aromatic nitrogens is 1. The molecule has 3 nitrogen and oxygen atoms in total. The number of rotatable bonds is 5. The zero-order valence-corrected chi connectivity index (χ0v) is 12.7. The minimum absolute atomic E-state index is 0.410. The average molecular weight is 311 g/mol. The van der Waals surface area contributed by atoms with Gasteiger partial charge in [-0.2, -0.15) is 0 Å². The van der Waals surface area contributed by atoms with E-state index in [4.69, 9.17) is 33.7 Å². The monoisotopic (exact) mass is 310 g/mol. The Morgan fingerprint density at radius 3 is 2.70 bits per heavy atom. The van der Waals surface area contributed by atoms with Crippen molar-refractivity contribution >= 4 is 23.2 Å². The van der Waals surface area contributed by atoms with Crippen LogP contribution in [0.3, 0.4) is 0 Å². The van der Waals surface area contributed by atoms with Crippen molar-refractivity contribution in [2.45, 2.75) is 20.0 Å². The zero-order chi connectivity index (χ0) is 14.5. The van der Waals surface area contributed by atoms with E-state index in [-0.39, 0.29) is 0 Å². The third kappa shape index (κ3) is 3.85. The van der Waals surface area contributed by atoms with E-state index < -0.39 is 0 Å². The summed E-state index contributed by atoms with van der Waals surface area (Å²) in [6.45, 7) is 2.91. The molecule has 1 aromatic heterocycles. The fourth-order valence-corrected chi connectivity index (χ4v) is 2.56. The van der Waals surface area contributed by atoms with Crippen molar-refractivity contribution in [1.29, 1.82) is 0 Å². The van der Waals surface area contributed by atoms with Crippen LogP contribution in [0.2, 0.25) is 10.0 Å². The van der Waals surface area contributed by atoms with Crippen LogP contribution in [0.25, 0.3) is 0 Å². The molecule has 2 rings (SSSR count). The summed E-state index contributed by atoms with van der Waals surface area (Å²) in [6.07, 6.45) is 4.25. The van der Waals surface area contributed by atoms with Crippen LogP contribution in [0.1, 0.15) is 16.7 Å². The lowest BCUT2D eigenvalue weighted by atomic mass is 10.1. The van der Waals surface area contributed by atoms with Gasteiger partial charge in [-0.1, -0.05) is 23.2 Å². The molecule has 0 fully saturated rings. The molecule has 0 aliphatic rings. The molecule has 0 spiro atoms. The van der Waals surface area contributed by atoms with E-state index >= 15 is 0 Å². The summed E-state index contributed by atoms with van der Waals surface area (Å²) in [4.78, 5) is 4.14. The molecule has 0 amide bonds. The van der Waals surface area contributed by atoms with Crippen LogP contribution in [0.4, 0.5) is 0 Å². The number of nitrogens with two attached hydrogens (primary N) is 1. The van der Waals surface area contributed by atoms with E-state index in [0.29, 0.717) is 35.4 Å². The Balaban J connectivity index is 2.20. The number of pyridine rings is 1. The first-order chi connectivity index (χ1) is 9.60. The third-order valence-electron chi connectivity index (χ3n) is 2.81. The second-order valence-electron chi connectivity index (χ2n) is 4.57. The van der Waals surface area contributed by atoms with Crippen LogP contribution in [-0.4, -0.2) is 11.5 Å². The quantitative estimate of drug-likeness (QED) is 0.914. The molecule has 1 aromatic carbocycles. The first-order valence-corrected chi connectivity index (χ1v) is 7.07. The van der Waals surface area contributed by atoms with E-state index in [0.717, 1.165) is 16.7 Å². The van der Waals surface area contributed by atoms with Crippen molar-refractivity contribution in [3.63, 3.8) is 0 Å². The molecule has 0 atom stereocenters. The Hall–Kier alpha value is -1.29. The number of ether oxygens (including phenoxy) is 1. The van der Waals surface area contributed by atoms with Crippen molar-refractivity contribution in [1.82, 2.24) is 4.98 Å². The van der Waals surface area contributed by atoms with Crippen molar-refractivity contribution < 1.29 is 4.74 Å². The van der Waals surface area contributed by atoms with Gasteiger partial charge in [0.1, 0.15) is 12.4 Å². The van der Waals surface area contributed by atoms with E-state index in [1.807, 2.05) is 19.1 Å². The number of hydrogen-bond donors (Lipinski definition) is 1. The fraction of sp³-hybridized carbons (Fsp3) is 0.267. The predicted octanol–water partition coefficient (Wildman–Crippen LogP) is 3.78. The Labute approximate surface area is 128 Å². The molecule has 0 unspecified atom stereocenters. The molecule has 0 saturated heterocycles. The topological polar surface area (TPSA) is 48.1 Å². The van der Waals surface area contributed by atoms with Crippen LogP contribution < -0.4 is 10.5 Å². The average Bonchev–Trinajstić information content (AvgIpc) is 2.38. The lowest BCUT2D eigenvalue weighted by Crippen LogP contribution is -2.06. The fourth-order valence-electron chi connectivity index (χ4n) is 1.97. The van der Waals surface area contributed by atoms with Crippen molar-refractivity contribution in [3.05, 3.63) is 57.3 Å². The Morgan fingerprint density at radius 2 is 2.00 bits per heavy atom. The summed E-state index contributed by atoms with van der Waals surface area (Å²) in [6, 6.07) is 5.54. The molecule has 20 heavy (non-hydrogen) atoms. The maximum Gasteiger partial charge on any atom is 0.141 e. The molecule has 2 aromatic rings. The van der Waals surface area contributed by atoms with Gasteiger partial charge in [-0.3, -0.25) is 4.98 Å². The highest BCUT2D eigenvalue weighted by atomic mass is 35.5. The van der Waals surface area contributed by atoms with E-state index in [2.05, 4.69) is 4.98 Å². The van der Waals surface area contributed by atoms with Crippen molar-refractivity contribution in [3.8, 4) is 5.75 Å². The highest BCUT2D eigenvalue weighted by Gasteiger charge is 2.10. The van der Waals surface area contributed by atoms with E-state index in [9.17, 15) is 0 Å². The van der Waals surface area contributed by atoms with Crippen LogP contribution in [0.15, 0.2) is 30.6 Å². The summed E-state index contributed by atoms with van der Waals surface area (Å²) < 4.78 is 5.83. The predicted molar refractivity (Wildman–Crippen MR) is 82.5 cm³/mol. The molecule has 0 aliphatic carbocycles. The van der Waals surface area contributed by atoms with Gasteiger partial charge >= 0.3 is 0 Å². The van der Waals surface area contributed by atoms with Gasteiger partial charge in [0.25, 0.3) is 0 Å². The molecule has 5 heteroatoms. The van der Waals surface area contributed by atoms with Gasteiger partial charge in [0.05, 0.1) is 5.02 Å². The molecule has 2 N–H and O–H groups in total. The first-order valence-electron chi connectivity index (χ1n) is 6.31. The Morgan fingerprint density at radius 1 is 1.20 bits per heavy atom. The highest BCUT2D eigenvalue weighted by molar-refractivity contribution is 6.35. The largest absolute Gasteiger partial charge is 0.487 e. The second-order valence-corrected chi connectivity index (χ2v) is 5.42. The maximum absolute atomic E-state index is 6.20. The van der Waals surface area contributed by atoms with Crippen LogP contribution in [0.5, 0.6) is 5.75 Å². The SMILES string of the molecule is Cc1cncc(COc2c(Cl)cc(Cl)cc2CCN)c1. The highest BCUT2D eigenvalue weighted by Crippen LogP contribution is 2.33. The summed E-state index contributed by atoms with van der Waals surface area (Å²) in [5.74, 6) is 0.642. The summed E-state index contributed by atoms with van der Waals surface area (Å²) in [5.41, 5.74) is 8.62. The molecule has 0 radical (unpaired) electrons. The minimum atomic E-state index is 0.410. The van der Waals surface area contributed by atoms with Crippen LogP contribution in [-0.2, 0) is 13.0 Å². The number of aryl methyl sites for hydroxylation is 1. The van der Waals surface area contributed by atoms with Gasteiger partial charge in [0, 0.05) is 23.0 Å². The van der Waals surface area contributed by atoms with Crippen LogP contribution >= 0.6 is 23.2 Å². The molecule has 0 bridgehead atoms. The first kappa shape index (κ1) is 15.1. The van der Waals surface area contributed by atoms with Crippen molar-refractivity contribution in [2.24, 2.45) is 5.73 Å². The number of benzene rings is 1. The Kier molecular flexibility index (Phi) is 5.24. The molecule has 0 saturated carbocycles. The van der Waals surface area contributed by atoms with Gasteiger partial charge < -0.3 is 10.5 Å². The summed E-state index contributed by atoms with van der Waals surface area (Å²) >= 11 is 12.2. The van der Waals surface area contributed by atoms with E-state index in [1.165, 1.54) is 0 Å². The summed E-state index contributed by atoms with van der Waals surface area (Å²) in [7, 11) is 0. The second kappa shape index (κ2) is 6.93. The Bertz CT molecular complexity index is 602. The number of hydrogen-bond acceptors (Lipinski definition) is 3. The minimum Gasteiger partial charge on any atom is -0.487 e. The number of nitrogens with zero attached hydrogens (tertiary/aromatic N) is 1. The third-order valence-corrected chi connectivity index (χ3v) is 3.31. The number of halogens is 2. The molecule has 106 valence electrons. The van der Waals surface area contributed by atoms with Gasteiger partial charge in [-0.25, -0.2) is 0 Å². The van der Waals surface area contributed by atoms with Gasteiger partial charge in [0.2, 0.25) is 0 Å². The van der Waals surface area contributed by atoms with Crippen molar-refractivity contribution in [2.75, 3.05) is 6.54 Å². The maximum atomic E-state index is 6.20. The van der Waals surface area contributed by atoms with Crippen LogP contribution in [0, 0.1) is 6.92 Å².